The Labute approximate surface area is 120 Å². The molecule has 1 unspecified atom stereocenters. The molecule has 1 heterocycles. The van der Waals surface area contributed by atoms with Gasteiger partial charge in [0.05, 0.1) is 7.11 Å². The van der Waals surface area contributed by atoms with Gasteiger partial charge in [0.15, 0.2) is 0 Å². The number of carbonyl (C=O) groups excluding carboxylic acids is 2. The van der Waals surface area contributed by atoms with Crippen LogP contribution >= 0.6 is 0 Å². The van der Waals surface area contributed by atoms with E-state index < -0.39 is 24.0 Å². The summed E-state index contributed by atoms with van der Waals surface area (Å²) in [6.45, 7) is 1.59. The highest BCUT2D eigenvalue weighted by Crippen LogP contribution is 2.20. The van der Waals surface area contributed by atoms with Gasteiger partial charge < -0.3 is 14.2 Å². The first-order chi connectivity index (χ1) is 10.0. The van der Waals surface area contributed by atoms with Crippen molar-refractivity contribution in [3.63, 3.8) is 0 Å². The van der Waals surface area contributed by atoms with Crippen LogP contribution in [-0.4, -0.2) is 25.3 Å². The summed E-state index contributed by atoms with van der Waals surface area (Å²) in [6.07, 6.45) is 1.65. The van der Waals surface area contributed by atoms with E-state index in [0.29, 0.717) is 11.1 Å². The van der Waals surface area contributed by atoms with Crippen LogP contribution in [0.5, 0.6) is 0 Å². The van der Waals surface area contributed by atoms with Gasteiger partial charge in [0, 0.05) is 11.6 Å². The lowest BCUT2D eigenvalue weighted by Crippen LogP contribution is -2.11. The Hall–Kier alpha value is -2.63. The molecule has 1 aromatic rings. The van der Waals surface area contributed by atoms with Crippen molar-refractivity contribution in [1.82, 2.24) is 0 Å². The van der Waals surface area contributed by atoms with Crippen molar-refractivity contribution >= 4 is 17.5 Å². The van der Waals surface area contributed by atoms with Crippen molar-refractivity contribution in [3.05, 3.63) is 53.6 Å². The molecule has 2 rings (SSSR count). The van der Waals surface area contributed by atoms with Crippen LogP contribution in [0.4, 0.5) is 4.39 Å². The van der Waals surface area contributed by atoms with Crippen molar-refractivity contribution < 1.29 is 28.2 Å². The van der Waals surface area contributed by atoms with E-state index >= 15 is 0 Å². The maximum atomic E-state index is 13.2. The second-order valence-electron chi connectivity index (χ2n) is 4.29. The first-order valence-corrected chi connectivity index (χ1v) is 6.10. The SMILES string of the molecule is COC(=O)/C(=C/OC1C=C(C)C(=O)O1)c1cccc(F)c1. The number of benzene rings is 1. The van der Waals surface area contributed by atoms with Crippen molar-refractivity contribution in [3.8, 4) is 0 Å². The van der Waals surface area contributed by atoms with Gasteiger partial charge in [0.2, 0.25) is 0 Å². The highest BCUT2D eigenvalue weighted by Gasteiger charge is 2.23. The molecule has 5 nitrogen and oxygen atoms in total. The summed E-state index contributed by atoms with van der Waals surface area (Å²) >= 11 is 0. The van der Waals surface area contributed by atoms with Crippen LogP contribution in [0.1, 0.15) is 12.5 Å². The zero-order valence-electron chi connectivity index (χ0n) is 11.5. The number of methoxy groups -OCH3 is 1. The van der Waals surface area contributed by atoms with Gasteiger partial charge in [-0.15, -0.1) is 0 Å². The highest BCUT2D eigenvalue weighted by atomic mass is 19.1. The summed E-state index contributed by atoms with van der Waals surface area (Å²) in [4.78, 5) is 22.9. The van der Waals surface area contributed by atoms with E-state index in [1.54, 1.807) is 6.92 Å². The van der Waals surface area contributed by atoms with Crippen LogP contribution in [0, 0.1) is 5.82 Å². The topological polar surface area (TPSA) is 61.8 Å². The molecule has 0 radical (unpaired) electrons. The van der Waals surface area contributed by atoms with Gasteiger partial charge in [-0.05, 0) is 24.6 Å². The summed E-state index contributed by atoms with van der Waals surface area (Å²) in [5, 5.41) is 0. The Morgan fingerprint density at radius 3 is 2.76 bits per heavy atom. The molecule has 1 aromatic carbocycles. The van der Waals surface area contributed by atoms with E-state index in [4.69, 9.17) is 9.47 Å². The maximum absolute atomic E-state index is 13.2. The molecule has 0 saturated heterocycles. The third-order valence-electron chi connectivity index (χ3n) is 2.79. The minimum atomic E-state index is -0.911. The Bertz CT molecular complexity index is 633. The van der Waals surface area contributed by atoms with Crippen LogP contribution in [-0.2, 0) is 23.8 Å². The molecule has 0 bridgehead atoms. The van der Waals surface area contributed by atoms with Crippen LogP contribution in [0.3, 0.4) is 0 Å². The molecule has 0 aliphatic carbocycles. The molecule has 0 N–H and O–H groups in total. The second kappa shape index (κ2) is 6.21. The standard InChI is InChI=1S/C15H13FO5/c1-9-6-13(21-14(9)17)20-8-12(15(18)19-2)10-4-3-5-11(16)7-10/h3-8,13H,1-2H3/b12-8+. The lowest BCUT2D eigenvalue weighted by Gasteiger charge is -2.10. The number of esters is 2. The Balaban J connectivity index is 2.23. The Morgan fingerprint density at radius 2 is 2.19 bits per heavy atom. The molecular weight excluding hydrogens is 279 g/mol. The number of rotatable bonds is 4. The second-order valence-corrected chi connectivity index (χ2v) is 4.29. The fourth-order valence-corrected chi connectivity index (χ4v) is 1.71. The van der Waals surface area contributed by atoms with Crippen molar-refractivity contribution in [2.24, 2.45) is 0 Å². The number of hydrogen-bond donors (Lipinski definition) is 0. The molecule has 0 fully saturated rings. The fraction of sp³-hybridized carbons (Fsp3) is 0.200. The molecule has 1 aliphatic rings. The van der Waals surface area contributed by atoms with Gasteiger partial charge in [-0.1, -0.05) is 12.1 Å². The molecule has 0 amide bonds. The predicted octanol–water partition coefficient (Wildman–Crippen LogP) is 2.19. The minimum Gasteiger partial charge on any atom is -0.465 e. The molecular formula is C15H13FO5. The van der Waals surface area contributed by atoms with Gasteiger partial charge in [0.1, 0.15) is 17.7 Å². The van der Waals surface area contributed by atoms with E-state index in [1.165, 1.54) is 37.5 Å². The smallest absolute Gasteiger partial charge is 0.341 e. The van der Waals surface area contributed by atoms with Crippen molar-refractivity contribution in [1.29, 1.82) is 0 Å². The predicted molar refractivity (Wildman–Crippen MR) is 71.1 cm³/mol. The zero-order chi connectivity index (χ0) is 15.4. The van der Waals surface area contributed by atoms with E-state index in [9.17, 15) is 14.0 Å². The number of carbonyl (C=O) groups is 2. The lowest BCUT2D eigenvalue weighted by atomic mass is 10.1. The third kappa shape index (κ3) is 3.47. The van der Waals surface area contributed by atoms with Crippen LogP contribution in [0.15, 0.2) is 42.2 Å². The monoisotopic (exact) mass is 292 g/mol. The number of ether oxygens (including phenoxy) is 3. The average Bonchev–Trinajstić information content (AvgIpc) is 2.77. The van der Waals surface area contributed by atoms with Crippen LogP contribution < -0.4 is 0 Å². The largest absolute Gasteiger partial charge is 0.465 e. The van der Waals surface area contributed by atoms with Crippen LogP contribution in [0.25, 0.3) is 5.57 Å². The summed E-state index contributed by atoms with van der Waals surface area (Å²) < 4.78 is 28.0. The highest BCUT2D eigenvalue weighted by molar-refractivity contribution is 6.16. The van der Waals surface area contributed by atoms with Crippen molar-refractivity contribution in [2.75, 3.05) is 7.11 Å². The summed E-state index contributed by atoms with van der Waals surface area (Å²) in [5.74, 6) is -1.67. The van der Waals surface area contributed by atoms with E-state index in [1.807, 2.05) is 0 Å². The molecule has 1 atom stereocenters. The first kappa shape index (κ1) is 14.8. The molecule has 0 spiro atoms. The van der Waals surface area contributed by atoms with E-state index in [-0.39, 0.29) is 5.57 Å². The van der Waals surface area contributed by atoms with Crippen LogP contribution in [0.2, 0.25) is 0 Å². The fourth-order valence-electron chi connectivity index (χ4n) is 1.71. The summed E-state index contributed by atoms with van der Waals surface area (Å²) in [6, 6.07) is 5.43. The quantitative estimate of drug-likeness (QED) is 0.483. The maximum Gasteiger partial charge on any atom is 0.341 e. The molecule has 0 aromatic heterocycles. The molecule has 6 heteroatoms. The number of cyclic esters (lactones) is 1. The molecule has 1 aliphatic heterocycles. The normalized spacial score (nSPS) is 18.0. The van der Waals surface area contributed by atoms with Gasteiger partial charge >= 0.3 is 11.9 Å². The van der Waals surface area contributed by atoms with E-state index in [0.717, 1.165) is 6.26 Å². The van der Waals surface area contributed by atoms with Gasteiger partial charge in [-0.3, -0.25) is 0 Å². The Kier molecular flexibility index (Phi) is 4.37. The van der Waals surface area contributed by atoms with Gasteiger partial charge in [-0.2, -0.15) is 0 Å². The summed E-state index contributed by atoms with van der Waals surface area (Å²) in [7, 11) is 1.20. The van der Waals surface area contributed by atoms with Gasteiger partial charge in [0.25, 0.3) is 6.29 Å². The summed E-state index contributed by atoms with van der Waals surface area (Å²) in [5.41, 5.74) is 0.733. The number of halogens is 1. The lowest BCUT2D eigenvalue weighted by molar-refractivity contribution is -0.152. The number of hydrogen-bond acceptors (Lipinski definition) is 5. The molecule has 110 valence electrons. The molecule has 0 saturated carbocycles. The average molecular weight is 292 g/mol. The molecule has 21 heavy (non-hydrogen) atoms. The zero-order valence-corrected chi connectivity index (χ0v) is 11.5. The minimum absolute atomic E-state index is 0.0194. The third-order valence-corrected chi connectivity index (χ3v) is 2.79. The van der Waals surface area contributed by atoms with Crippen molar-refractivity contribution in [2.45, 2.75) is 13.2 Å². The first-order valence-electron chi connectivity index (χ1n) is 6.10. The van der Waals surface area contributed by atoms with Gasteiger partial charge in [-0.25, -0.2) is 14.0 Å². The Morgan fingerprint density at radius 1 is 1.43 bits per heavy atom. The van der Waals surface area contributed by atoms with E-state index in [2.05, 4.69) is 4.74 Å².